The van der Waals surface area contributed by atoms with E-state index in [0.717, 1.165) is 4.88 Å². The molecule has 0 aliphatic carbocycles. The van der Waals surface area contributed by atoms with Gasteiger partial charge in [0, 0.05) is 4.88 Å². The number of thiophene rings is 1. The SMILES string of the molecule is C.O=C(O)Cc1cccs1. The fourth-order valence-electron chi connectivity index (χ4n) is 0.562. The lowest BCUT2D eigenvalue weighted by atomic mass is 10.3. The van der Waals surface area contributed by atoms with Gasteiger partial charge in [0.25, 0.3) is 0 Å². The van der Waals surface area contributed by atoms with Crippen molar-refractivity contribution < 1.29 is 9.90 Å². The van der Waals surface area contributed by atoms with E-state index in [2.05, 4.69) is 0 Å². The molecule has 10 heavy (non-hydrogen) atoms. The molecule has 0 unspecified atom stereocenters. The first-order chi connectivity index (χ1) is 4.29. The third kappa shape index (κ3) is 2.64. The molecule has 56 valence electrons. The molecule has 1 N–H and O–H groups in total. The number of aliphatic carboxylic acids is 1. The lowest BCUT2D eigenvalue weighted by molar-refractivity contribution is -0.136. The van der Waals surface area contributed by atoms with Gasteiger partial charge in [-0.2, -0.15) is 0 Å². The highest BCUT2D eigenvalue weighted by atomic mass is 32.1. The minimum atomic E-state index is -0.766. The van der Waals surface area contributed by atoms with Crippen LogP contribution in [0, 0.1) is 0 Å². The first-order valence-electron chi connectivity index (χ1n) is 2.53. The maximum Gasteiger partial charge on any atom is 0.308 e. The van der Waals surface area contributed by atoms with E-state index in [1.807, 2.05) is 17.5 Å². The highest BCUT2D eigenvalue weighted by molar-refractivity contribution is 7.10. The number of carboxylic acids is 1. The summed E-state index contributed by atoms with van der Waals surface area (Å²) in [4.78, 5) is 11.0. The van der Waals surface area contributed by atoms with Gasteiger partial charge in [0.15, 0.2) is 0 Å². The second-order valence-corrected chi connectivity index (χ2v) is 2.68. The predicted molar refractivity (Wildman–Crippen MR) is 42.4 cm³/mol. The van der Waals surface area contributed by atoms with Gasteiger partial charge < -0.3 is 5.11 Å². The van der Waals surface area contributed by atoms with Crippen LogP contribution in [0.25, 0.3) is 0 Å². The lowest BCUT2D eigenvalue weighted by Gasteiger charge is -1.85. The van der Waals surface area contributed by atoms with E-state index in [0.29, 0.717) is 0 Å². The molecule has 0 aliphatic heterocycles. The van der Waals surface area contributed by atoms with Gasteiger partial charge in [0.2, 0.25) is 0 Å². The summed E-state index contributed by atoms with van der Waals surface area (Å²) in [5.41, 5.74) is 0. The molecule has 0 bridgehead atoms. The van der Waals surface area contributed by atoms with Gasteiger partial charge in [0.1, 0.15) is 0 Å². The van der Waals surface area contributed by atoms with Crippen molar-refractivity contribution in [2.45, 2.75) is 13.8 Å². The molecule has 0 fully saturated rings. The first-order valence-corrected chi connectivity index (χ1v) is 3.41. The molecule has 1 aromatic heterocycles. The highest BCUT2D eigenvalue weighted by Gasteiger charge is 1.98. The van der Waals surface area contributed by atoms with Crippen LogP contribution < -0.4 is 0 Å². The van der Waals surface area contributed by atoms with Gasteiger partial charge in [-0.15, -0.1) is 11.3 Å². The summed E-state index contributed by atoms with van der Waals surface area (Å²) in [6.45, 7) is 0. The van der Waals surface area contributed by atoms with Crippen LogP contribution in [0.1, 0.15) is 12.3 Å². The first kappa shape index (κ1) is 9.17. The molecule has 0 saturated heterocycles. The van der Waals surface area contributed by atoms with Crippen molar-refractivity contribution in [3.63, 3.8) is 0 Å². The van der Waals surface area contributed by atoms with Crippen LogP contribution in [0.2, 0.25) is 0 Å². The average Bonchev–Trinajstić information content (AvgIpc) is 2.15. The molecule has 0 aliphatic rings. The highest BCUT2D eigenvalue weighted by Crippen LogP contribution is 2.08. The van der Waals surface area contributed by atoms with Crippen molar-refractivity contribution >= 4 is 17.3 Å². The van der Waals surface area contributed by atoms with Gasteiger partial charge in [0.05, 0.1) is 6.42 Å². The third-order valence-electron chi connectivity index (χ3n) is 0.906. The smallest absolute Gasteiger partial charge is 0.308 e. The Bertz CT molecular complexity index is 191. The van der Waals surface area contributed by atoms with E-state index < -0.39 is 5.97 Å². The van der Waals surface area contributed by atoms with Gasteiger partial charge in [-0.05, 0) is 11.4 Å². The summed E-state index contributed by atoms with van der Waals surface area (Å²) >= 11 is 1.47. The Hall–Kier alpha value is -0.830. The molecular formula is C7H10O2S. The second-order valence-electron chi connectivity index (χ2n) is 1.65. The number of carboxylic acid groups (broad SMARTS) is 1. The maximum atomic E-state index is 10.1. The molecule has 2 nitrogen and oxygen atoms in total. The standard InChI is InChI=1S/C6H6O2S.CH4/c7-6(8)4-5-2-1-3-9-5;/h1-3H,4H2,(H,7,8);1H4. The second kappa shape index (κ2) is 4.06. The summed E-state index contributed by atoms with van der Waals surface area (Å²) in [6, 6.07) is 3.67. The van der Waals surface area contributed by atoms with E-state index in [-0.39, 0.29) is 13.8 Å². The van der Waals surface area contributed by atoms with Crippen molar-refractivity contribution in [3.05, 3.63) is 22.4 Å². The summed E-state index contributed by atoms with van der Waals surface area (Å²) in [5.74, 6) is -0.766. The van der Waals surface area contributed by atoms with Crippen LogP contribution in [-0.4, -0.2) is 11.1 Å². The minimum absolute atomic E-state index is 0. The van der Waals surface area contributed by atoms with E-state index in [9.17, 15) is 4.79 Å². The van der Waals surface area contributed by atoms with Crippen LogP contribution in [0.4, 0.5) is 0 Å². The Morgan fingerprint density at radius 2 is 2.40 bits per heavy atom. The number of carbonyl (C=O) groups is 1. The van der Waals surface area contributed by atoms with Crippen molar-refractivity contribution in [2.75, 3.05) is 0 Å². The van der Waals surface area contributed by atoms with Crippen molar-refractivity contribution in [1.29, 1.82) is 0 Å². The predicted octanol–water partition coefficient (Wildman–Crippen LogP) is 2.01. The summed E-state index contributed by atoms with van der Waals surface area (Å²) < 4.78 is 0. The maximum absolute atomic E-state index is 10.1. The summed E-state index contributed by atoms with van der Waals surface area (Å²) in [5, 5.41) is 10.2. The normalized spacial score (nSPS) is 8.40. The van der Waals surface area contributed by atoms with Crippen LogP contribution in [-0.2, 0) is 11.2 Å². The molecule has 3 heteroatoms. The zero-order chi connectivity index (χ0) is 6.69. The van der Waals surface area contributed by atoms with E-state index >= 15 is 0 Å². The van der Waals surface area contributed by atoms with E-state index in [1.165, 1.54) is 11.3 Å². The van der Waals surface area contributed by atoms with E-state index in [1.54, 1.807) is 0 Å². The Morgan fingerprint density at radius 1 is 1.70 bits per heavy atom. The lowest BCUT2D eigenvalue weighted by Crippen LogP contribution is -1.96. The number of hydrogen-bond donors (Lipinski definition) is 1. The summed E-state index contributed by atoms with van der Waals surface area (Å²) in [6.07, 6.45) is 0.150. The van der Waals surface area contributed by atoms with Crippen molar-refractivity contribution in [3.8, 4) is 0 Å². The molecular weight excluding hydrogens is 148 g/mol. The summed E-state index contributed by atoms with van der Waals surface area (Å²) in [7, 11) is 0. The third-order valence-corrected chi connectivity index (χ3v) is 1.78. The Morgan fingerprint density at radius 3 is 2.80 bits per heavy atom. The fourth-order valence-corrected chi connectivity index (χ4v) is 1.26. The molecule has 0 atom stereocenters. The van der Waals surface area contributed by atoms with Crippen LogP contribution in [0.5, 0.6) is 0 Å². The number of rotatable bonds is 2. The molecule has 0 spiro atoms. The van der Waals surface area contributed by atoms with Crippen LogP contribution in [0.3, 0.4) is 0 Å². The Kier molecular flexibility index (Phi) is 3.72. The molecule has 1 aromatic rings. The largest absolute Gasteiger partial charge is 0.481 e. The van der Waals surface area contributed by atoms with Gasteiger partial charge in [-0.1, -0.05) is 13.5 Å². The molecule has 1 rings (SSSR count). The molecule has 1 heterocycles. The topological polar surface area (TPSA) is 37.3 Å². The quantitative estimate of drug-likeness (QED) is 0.714. The zero-order valence-electron chi connectivity index (χ0n) is 4.70. The van der Waals surface area contributed by atoms with Crippen LogP contribution >= 0.6 is 11.3 Å². The Balaban J connectivity index is 0.000000810. The number of hydrogen-bond acceptors (Lipinski definition) is 2. The molecule has 0 amide bonds. The zero-order valence-corrected chi connectivity index (χ0v) is 5.52. The van der Waals surface area contributed by atoms with Gasteiger partial charge >= 0.3 is 5.97 Å². The molecule has 0 radical (unpaired) electrons. The van der Waals surface area contributed by atoms with Crippen molar-refractivity contribution in [1.82, 2.24) is 0 Å². The minimum Gasteiger partial charge on any atom is -0.481 e. The van der Waals surface area contributed by atoms with Gasteiger partial charge in [-0.25, -0.2) is 0 Å². The molecule has 0 aromatic carbocycles. The van der Waals surface area contributed by atoms with Gasteiger partial charge in [-0.3, -0.25) is 4.79 Å². The van der Waals surface area contributed by atoms with Crippen LogP contribution in [0.15, 0.2) is 17.5 Å². The average molecular weight is 158 g/mol. The monoisotopic (exact) mass is 158 g/mol. The fraction of sp³-hybridized carbons (Fsp3) is 0.286. The molecule has 0 saturated carbocycles. The Labute approximate surface area is 64.1 Å². The van der Waals surface area contributed by atoms with Crippen molar-refractivity contribution in [2.24, 2.45) is 0 Å². The van der Waals surface area contributed by atoms with E-state index in [4.69, 9.17) is 5.11 Å².